The number of nitrogens with zero attached hydrogens (tertiary/aromatic N) is 6. The van der Waals surface area contributed by atoms with E-state index in [0.29, 0.717) is 19.0 Å². The van der Waals surface area contributed by atoms with Crippen molar-refractivity contribution in [3.05, 3.63) is 61.1 Å². The van der Waals surface area contributed by atoms with Gasteiger partial charge in [-0.2, -0.15) is 5.10 Å². The van der Waals surface area contributed by atoms with Crippen molar-refractivity contribution < 1.29 is 4.74 Å². The van der Waals surface area contributed by atoms with Crippen molar-refractivity contribution in [2.75, 3.05) is 25.1 Å². The minimum atomic E-state index is 0.550. The number of pyridine rings is 1. The third-order valence-corrected chi connectivity index (χ3v) is 4.29. The maximum atomic E-state index is 5.81. The number of aromatic nitrogens is 5. The van der Waals surface area contributed by atoms with Crippen LogP contribution in [0.25, 0.3) is 22.4 Å². The summed E-state index contributed by atoms with van der Waals surface area (Å²) < 4.78 is 7.57. The van der Waals surface area contributed by atoms with Crippen LogP contribution in [-0.2, 0) is 7.05 Å². The molecule has 0 radical (unpaired) electrons. The minimum absolute atomic E-state index is 0.550. The number of benzene rings is 1. The van der Waals surface area contributed by atoms with E-state index in [1.54, 1.807) is 23.3 Å². The molecule has 0 aliphatic heterocycles. The summed E-state index contributed by atoms with van der Waals surface area (Å²) in [7, 11) is 3.88. The van der Waals surface area contributed by atoms with Crippen LogP contribution < -0.4 is 9.64 Å². The van der Waals surface area contributed by atoms with E-state index in [-0.39, 0.29) is 0 Å². The van der Waals surface area contributed by atoms with Crippen molar-refractivity contribution in [2.45, 2.75) is 0 Å². The maximum Gasteiger partial charge on any atom is 0.165 e. The number of para-hydroxylation sites is 1. The van der Waals surface area contributed by atoms with Crippen molar-refractivity contribution in [1.82, 2.24) is 24.7 Å². The predicted molar refractivity (Wildman–Crippen MR) is 105 cm³/mol. The van der Waals surface area contributed by atoms with Crippen molar-refractivity contribution in [1.29, 1.82) is 0 Å². The first-order valence-electron chi connectivity index (χ1n) is 8.71. The molecule has 3 aromatic heterocycles. The number of likely N-dealkylation sites (N-methyl/N-ethyl adjacent to an activating group) is 1. The molecule has 1 aromatic carbocycles. The molecule has 0 saturated heterocycles. The molecule has 7 nitrogen and oxygen atoms in total. The van der Waals surface area contributed by atoms with Crippen LogP contribution in [-0.4, -0.2) is 44.9 Å². The monoisotopic (exact) mass is 360 g/mol. The smallest absolute Gasteiger partial charge is 0.165 e. The Morgan fingerprint density at radius 1 is 1.04 bits per heavy atom. The van der Waals surface area contributed by atoms with E-state index < -0.39 is 0 Å². The van der Waals surface area contributed by atoms with Gasteiger partial charge in [-0.15, -0.1) is 0 Å². The Morgan fingerprint density at radius 3 is 2.67 bits per heavy atom. The third kappa shape index (κ3) is 3.57. The highest BCUT2D eigenvalue weighted by Crippen LogP contribution is 2.26. The van der Waals surface area contributed by atoms with Gasteiger partial charge in [-0.1, -0.05) is 18.2 Å². The normalized spacial score (nSPS) is 10.9. The highest BCUT2D eigenvalue weighted by atomic mass is 16.5. The summed E-state index contributed by atoms with van der Waals surface area (Å²) in [6, 6.07) is 13.6. The lowest BCUT2D eigenvalue weighted by atomic mass is 10.2. The second kappa shape index (κ2) is 7.41. The van der Waals surface area contributed by atoms with E-state index in [1.807, 2.05) is 56.6 Å². The molecular formula is C20H20N6O. The van der Waals surface area contributed by atoms with Crippen LogP contribution in [0.4, 0.5) is 5.82 Å². The molecule has 0 N–H and O–H groups in total. The molecule has 0 aliphatic carbocycles. The van der Waals surface area contributed by atoms with Crippen molar-refractivity contribution in [3.8, 4) is 17.1 Å². The van der Waals surface area contributed by atoms with Crippen LogP contribution in [0.2, 0.25) is 0 Å². The molecule has 0 bridgehead atoms. The molecule has 0 amide bonds. The number of hydrogen-bond acceptors (Lipinski definition) is 6. The summed E-state index contributed by atoms with van der Waals surface area (Å²) in [4.78, 5) is 15.7. The van der Waals surface area contributed by atoms with Crippen LogP contribution in [0.3, 0.4) is 0 Å². The lowest BCUT2D eigenvalue weighted by Crippen LogP contribution is -2.25. The molecular weight excluding hydrogens is 340 g/mol. The van der Waals surface area contributed by atoms with Crippen LogP contribution in [0.1, 0.15) is 0 Å². The predicted octanol–water partition coefficient (Wildman–Crippen LogP) is 2.94. The van der Waals surface area contributed by atoms with Gasteiger partial charge < -0.3 is 9.64 Å². The molecule has 7 heteroatoms. The molecule has 0 fully saturated rings. The van der Waals surface area contributed by atoms with E-state index in [1.165, 1.54) is 0 Å². The van der Waals surface area contributed by atoms with Gasteiger partial charge in [-0.25, -0.2) is 9.97 Å². The van der Waals surface area contributed by atoms with Crippen LogP contribution >= 0.6 is 0 Å². The summed E-state index contributed by atoms with van der Waals surface area (Å²) in [5.74, 6) is 2.31. The molecule has 0 spiro atoms. The van der Waals surface area contributed by atoms with Gasteiger partial charge in [0.1, 0.15) is 18.2 Å². The SMILES string of the molecule is CN(CCOc1ccccc1)c1nc(-c2cccnc2)nc2c1cnn2C. The summed E-state index contributed by atoms with van der Waals surface area (Å²) in [5, 5.41) is 5.25. The van der Waals surface area contributed by atoms with Crippen molar-refractivity contribution in [2.24, 2.45) is 7.05 Å². The molecule has 136 valence electrons. The number of hydrogen-bond donors (Lipinski definition) is 0. The fraction of sp³-hybridized carbons (Fsp3) is 0.200. The zero-order valence-corrected chi connectivity index (χ0v) is 15.3. The zero-order valence-electron chi connectivity index (χ0n) is 15.3. The van der Waals surface area contributed by atoms with Gasteiger partial charge in [0.2, 0.25) is 0 Å². The summed E-state index contributed by atoms with van der Waals surface area (Å²) in [6.45, 7) is 1.23. The molecule has 4 rings (SSSR count). The third-order valence-electron chi connectivity index (χ3n) is 4.29. The van der Waals surface area contributed by atoms with Gasteiger partial charge in [0.15, 0.2) is 11.5 Å². The van der Waals surface area contributed by atoms with Crippen molar-refractivity contribution in [3.63, 3.8) is 0 Å². The highest BCUT2D eigenvalue weighted by Gasteiger charge is 2.16. The second-order valence-electron chi connectivity index (χ2n) is 6.20. The van der Waals surface area contributed by atoms with E-state index in [2.05, 4.69) is 20.0 Å². The van der Waals surface area contributed by atoms with E-state index in [9.17, 15) is 0 Å². The van der Waals surface area contributed by atoms with Crippen LogP contribution in [0.5, 0.6) is 5.75 Å². The van der Waals surface area contributed by atoms with E-state index >= 15 is 0 Å². The first-order valence-corrected chi connectivity index (χ1v) is 8.71. The fourth-order valence-electron chi connectivity index (χ4n) is 2.85. The topological polar surface area (TPSA) is 69.0 Å². The van der Waals surface area contributed by atoms with Gasteiger partial charge in [-0.3, -0.25) is 9.67 Å². The molecule has 0 saturated carbocycles. The van der Waals surface area contributed by atoms with Gasteiger partial charge in [0.05, 0.1) is 18.1 Å². The quantitative estimate of drug-likeness (QED) is 0.527. The van der Waals surface area contributed by atoms with Crippen molar-refractivity contribution >= 4 is 16.9 Å². The number of rotatable bonds is 6. The first-order chi connectivity index (χ1) is 13.2. The Morgan fingerprint density at radius 2 is 1.89 bits per heavy atom. The van der Waals surface area contributed by atoms with Crippen LogP contribution in [0.15, 0.2) is 61.1 Å². The average molecular weight is 360 g/mol. The Balaban J connectivity index is 1.61. The molecule has 3 heterocycles. The molecule has 27 heavy (non-hydrogen) atoms. The largest absolute Gasteiger partial charge is 0.492 e. The number of fused-ring (bicyclic) bond motifs is 1. The number of anilines is 1. The standard InChI is InChI=1S/C20H20N6O/c1-25(11-12-27-16-8-4-3-5-9-16)19-17-14-22-26(2)20(17)24-18(23-19)15-7-6-10-21-13-15/h3-10,13-14H,11-12H2,1-2H3. The average Bonchev–Trinajstić information content (AvgIpc) is 3.09. The Hall–Kier alpha value is -3.48. The van der Waals surface area contributed by atoms with Gasteiger partial charge >= 0.3 is 0 Å². The van der Waals surface area contributed by atoms with Crippen LogP contribution in [0, 0.1) is 0 Å². The van der Waals surface area contributed by atoms with E-state index in [0.717, 1.165) is 28.2 Å². The van der Waals surface area contributed by atoms with Gasteiger partial charge in [-0.05, 0) is 24.3 Å². The number of ether oxygens (including phenoxy) is 1. The number of aryl methyl sites for hydroxylation is 1. The Bertz CT molecular complexity index is 1030. The molecule has 0 atom stereocenters. The lowest BCUT2D eigenvalue weighted by Gasteiger charge is -2.19. The summed E-state index contributed by atoms with van der Waals surface area (Å²) >= 11 is 0. The summed E-state index contributed by atoms with van der Waals surface area (Å²) in [6.07, 6.45) is 5.30. The molecule has 0 aliphatic rings. The molecule has 0 unspecified atom stereocenters. The lowest BCUT2D eigenvalue weighted by molar-refractivity contribution is 0.326. The maximum absolute atomic E-state index is 5.81. The fourth-order valence-corrected chi connectivity index (χ4v) is 2.85. The summed E-state index contributed by atoms with van der Waals surface area (Å²) in [5.41, 5.74) is 1.66. The minimum Gasteiger partial charge on any atom is -0.492 e. The zero-order chi connectivity index (χ0) is 18.6. The van der Waals surface area contributed by atoms with Gasteiger partial charge in [0, 0.05) is 32.1 Å². The van der Waals surface area contributed by atoms with E-state index in [4.69, 9.17) is 9.72 Å². The highest BCUT2D eigenvalue weighted by molar-refractivity contribution is 5.88. The Labute approximate surface area is 157 Å². The first kappa shape index (κ1) is 17.0. The molecule has 4 aromatic rings. The Kier molecular flexibility index (Phi) is 4.65. The van der Waals surface area contributed by atoms with Gasteiger partial charge in [0.25, 0.3) is 0 Å². The second-order valence-corrected chi connectivity index (χ2v) is 6.20.